The summed E-state index contributed by atoms with van der Waals surface area (Å²) in [7, 11) is 0. The molecule has 2 N–H and O–H groups in total. The van der Waals surface area contributed by atoms with Crippen LogP contribution in [0.1, 0.15) is 25.1 Å². The molecule has 0 saturated heterocycles. The lowest BCUT2D eigenvalue weighted by molar-refractivity contribution is 0.0801. The van der Waals surface area contributed by atoms with Crippen LogP contribution in [-0.2, 0) is 6.42 Å². The highest BCUT2D eigenvalue weighted by Gasteiger charge is 2.14. The second-order valence-corrected chi connectivity index (χ2v) is 4.87. The maximum atomic E-state index is 9.73. The van der Waals surface area contributed by atoms with Crippen molar-refractivity contribution in [2.24, 2.45) is 0 Å². The van der Waals surface area contributed by atoms with Gasteiger partial charge in [-0.3, -0.25) is 0 Å². The van der Waals surface area contributed by atoms with Crippen molar-refractivity contribution in [2.75, 3.05) is 0 Å². The first-order chi connectivity index (χ1) is 6.94. The molecular formula is C13H17NO. The third-order valence-corrected chi connectivity index (χ3v) is 2.46. The van der Waals surface area contributed by atoms with E-state index < -0.39 is 5.60 Å². The zero-order valence-electron chi connectivity index (χ0n) is 9.46. The van der Waals surface area contributed by atoms with Gasteiger partial charge < -0.3 is 10.1 Å². The summed E-state index contributed by atoms with van der Waals surface area (Å²) in [6.07, 6.45) is 0.653. The molecule has 0 unspecified atom stereocenters. The van der Waals surface area contributed by atoms with Crippen molar-refractivity contribution < 1.29 is 5.11 Å². The van der Waals surface area contributed by atoms with E-state index in [1.54, 1.807) is 0 Å². The smallest absolute Gasteiger partial charge is 0.0646 e. The van der Waals surface area contributed by atoms with Crippen molar-refractivity contribution in [3.8, 4) is 0 Å². The van der Waals surface area contributed by atoms with Crippen molar-refractivity contribution in [3.05, 3.63) is 35.5 Å². The molecule has 15 heavy (non-hydrogen) atoms. The molecule has 0 fully saturated rings. The third kappa shape index (κ3) is 2.39. The summed E-state index contributed by atoms with van der Waals surface area (Å²) >= 11 is 0. The average Bonchev–Trinajstić information content (AvgIpc) is 2.42. The summed E-state index contributed by atoms with van der Waals surface area (Å²) in [5.74, 6) is 0. The molecule has 0 saturated carbocycles. The predicted octanol–water partition coefficient (Wildman–Crippen LogP) is 2.79. The van der Waals surface area contributed by atoms with Crippen molar-refractivity contribution >= 4 is 10.9 Å². The summed E-state index contributed by atoms with van der Waals surface area (Å²) in [6.45, 7) is 5.73. The number of nitrogens with one attached hydrogen (secondary N) is 1. The number of aryl methyl sites for hydroxylation is 1. The summed E-state index contributed by atoms with van der Waals surface area (Å²) < 4.78 is 0. The molecule has 80 valence electrons. The van der Waals surface area contributed by atoms with E-state index in [1.807, 2.05) is 13.8 Å². The number of hydrogen-bond donors (Lipinski definition) is 2. The van der Waals surface area contributed by atoms with Crippen molar-refractivity contribution in [1.82, 2.24) is 4.98 Å². The van der Waals surface area contributed by atoms with Gasteiger partial charge in [-0.2, -0.15) is 0 Å². The number of aromatic amines is 1. The number of H-pyrrole nitrogens is 1. The first kappa shape index (κ1) is 10.2. The zero-order valence-corrected chi connectivity index (χ0v) is 9.46. The van der Waals surface area contributed by atoms with Gasteiger partial charge >= 0.3 is 0 Å². The SMILES string of the molecule is Cc1ccc2cc(CC(C)(C)O)[nH]c2c1. The highest BCUT2D eigenvalue weighted by Crippen LogP contribution is 2.19. The minimum atomic E-state index is -0.657. The molecule has 0 radical (unpaired) electrons. The highest BCUT2D eigenvalue weighted by atomic mass is 16.3. The Morgan fingerprint density at radius 3 is 2.67 bits per heavy atom. The Balaban J connectivity index is 2.39. The molecule has 1 heterocycles. The molecule has 0 spiro atoms. The van der Waals surface area contributed by atoms with Crippen LogP contribution < -0.4 is 0 Å². The van der Waals surface area contributed by atoms with Gasteiger partial charge in [0.15, 0.2) is 0 Å². The molecule has 1 aromatic heterocycles. The molecule has 0 atom stereocenters. The van der Waals surface area contributed by atoms with Crippen LogP contribution in [0.5, 0.6) is 0 Å². The minimum absolute atomic E-state index is 0.653. The van der Waals surface area contributed by atoms with E-state index in [1.165, 1.54) is 10.9 Å². The highest BCUT2D eigenvalue weighted by molar-refractivity contribution is 5.81. The lowest BCUT2D eigenvalue weighted by atomic mass is 10.0. The van der Waals surface area contributed by atoms with Gasteiger partial charge in [-0.1, -0.05) is 12.1 Å². The Hall–Kier alpha value is -1.28. The van der Waals surface area contributed by atoms with E-state index >= 15 is 0 Å². The monoisotopic (exact) mass is 203 g/mol. The summed E-state index contributed by atoms with van der Waals surface area (Å²) in [4.78, 5) is 3.33. The fourth-order valence-corrected chi connectivity index (χ4v) is 1.86. The van der Waals surface area contributed by atoms with Crippen molar-refractivity contribution in [1.29, 1.82) is 0 Å². The number of aromatic nitrogens is 1. The fourth-order valence-electron chi connectivity index (χ4n) is 1.86. The van der Waals surface area contributed by atoms with E-state index in [0.717, 1.165) is 11.2 Å². The van der Waals surface area contributed by atoms with E-state index in [-0.39, 0.29) is 0 Å². The Labute approximate surface area is 89.9 Å². The summed E-state index contributed by atoms with van der Waals surface area (Å²) in [5, 5.41) is 10.9. The molecule has 2 heteroatoms. The van der Waals surface area contributed by atoms with E-state index in [0.29, 0.717) is 6.42 Å². The van der Waals surface area contributed by atoms with Crippen LogP contribution in [0.4, 0.5) is 0 Å². The number of fused-ring (bicyclic) bond motifs is 1. The fraction of sp³-hybridized carbons (Fsp3) is 0.385. The molecular weight excluding hydrogens is 186 g/mol. The molecule has 0 amide bonds. The van der Waals surface area contributed by atoms with Crippen LogP contribution in [-0.4, -0.2) is 15.7 Å². The standard InChI is InChI=1S/C13H17NO/c1-9-4-5-10-7-11(8-13(2,3)15)14-12(10)6-9/h4-7,14-15H,8H2,1-3H3. The Morgan fingerprint density at radius 1 is 1.27 bits per heavy atom. The number of rotatable bonds is 2. The third-order valence-electron chi connectivity index (χ3n) is 2.46. The molecule has 0 bridgehead atoms. The van der Waals surface area contributed by atoms with Crippen LogP contribution in [0, 0.1) is 6.92 Å². The molecule has 1 aromatic carbocycles. The van der Waals surface area contributed by atoms with Gasteiger partial charge in [0.2, 0.25) is 0 Å². The molecule has 2 rings (SSSR count). The maximum Gasteiger partial charge on any atom is 0.0646 e. The second-order valence-electron chi connectivity index (χ2n) is 4.87. The average molecular weight is 203 g/mol. The molecule has 0 aliphatic heterocycles. The largest absolute Gasteiger partial charge is 0.390 e. The van der Waals surface area contributed by atoms with E-state index in [4.69, 9.17) is 0 Å². The van der Waals surface area contributed by atoms with Gasteiger partial charge in [-0.05, 0) is 43.9 Å². The lowest BCUT2D eigenvalue weighted by Crippen LogP contribution is -2.21. The number of benzene rings is 1. The Kier molecular flexibility index (Phi) is 2.31. The molecule has 2 nitrogen and oxygen atoms in total. The van der Waals surface area contributed by atoms with Gasteiger partial charge in [-0.15, -0.1) is 0 Å². The van der Waals surface area contributed by atoms with Crippen molar-refractivity contribution in [3.63, 3.8) is 0 Å². The molecule has 2 aromatic rings. The normalized spacial score (nSPS) is 12.3. The van der Waals surface area contributed by atoms with E-state index in [9.17, 15) is 5.11 Å². The van der Waals surface area contributed by atoms with E-state index in [2.05, 4.69) is 36.2 Å². The van der Waals surface area contributed by atoms with Crippen LogP contribution in [0.15, 0.2) is 24.3 Å². The first-order valence-corrected chi connectivity index (χ1v) is 5.25. The zero-order chi connectivity index (χ0) is 11.1. The Bertz CT molecular complexity index is 477. The quantitative estimate of drug-likeness (QED) is 0.773. The molecule has 0 aliphatic rings. The van der Waals surface area contributed by atoms with Crippen LogP contribution in [0.25, 0.3) is 10.9 Å². The van der Waals surface area contributed by atoms with Gasteiger partial charge in [0.05, 0.1) is 5.60 Å². The summed E-state index contributed by atoms with van der Waals surface area (Å²) in [5.41, 5.74) is 2.83. The van der Waals surface area contributed by atoms with Crippen LogP contribution >= 0.6 is 0 Å². The first-order valence-electron chi connectivity index (χ1n) is 5.25. The number of aliphatic hydroxyl groups is 1. The van der Waals surface area contributed by atoms with Gasteiger partial charge in [0, 0.05) is 17.6 Å². The van der Waals surface area contributed by atoms with Gasteiger partial charge in [-0.25, -0.2) is 0 Å². The second kappa shape index (κ2) is 3.38. The maximum absolute atomic E-state index is 9.73. The van der Waals surface area contributed by atoms with Crippen molar-refractivity contribution in [2.45, 2.75) is 32.8 Å². The van der Waals surface area contributed by atoms with Crippen LogP contribution in [0.2, 0.25) is 0 Å². The molecule has 0 aliphatic carbocycles. The van der Waals surface area contributed by atoms with Crippen LogP contribution in [0.3, 0.4) is 0 Å². The minimum Gasteiger partial charge on any atom is -0.390 e. The topological polar surface area (TPSA) is 36.0 Å². The number of hydrogen-bond acceptors (Lipinski definition) is 1. The Morgan fingerprint density at radius 2 is 2.00 bits per heavy atom. The lowest BCUT2D eigenvalue weighted by Gasteiger charge is -2.15. The predicted molar refractivity (Wildman–Crippen MR) is 63.0 cm³/mol. The van der Waals surface area contributed by atoms with Gasteiger partial charge in [0.1, 0.15) is 0 Å². The summed E-state index contributed by atoms with van der Waals surface area (Å²) in [6, 6.07) is 8.44. The van der Waals surface area contributed by atoms with Gasteiger partial charge in [0.25, 0.3) is 0 Å².